The number of rotatable bonds is 5. The Kier molecular flexibility index (Phi) is 7.56. The molecule has 0 spiro atoms. The quantitative estimate of drug-likeness (QED) is 0.182. The predicted molar refractivity (Wildman–Crippen MR) is 148 cm³/mol. The van der Waals surface area contributed by atoms with E-state index in [1.54, 1.807) is 12.3 Å². The first-order chi connectivity index (χ1) is 18.8. The molecule has 0 saturated carbocycles. The lowest BCUT2D eigenvalue weighted by Crippen LogP contribution is -2.54. The predicted octanol–water partition coefficient (Wildman–Crippen LogP) is 8.08. The van der Waals surface area contributed by atoms with E-state index in [1.165, 1.54) is 6.42 Å². The summed E-state index contributed by atoms with van der Waals surface area (Å²) in [5, 5.41) is 6.13. The van der Waals surface area contributed by atoms with Gasteiger partial charge in [-0.1, -0.05) is 13.0 Å². The Balaban J connectivity index is 1.37. The molecule has 3 aromatic rings. The molecular weight excluding hydrogens is 550 g/mol. The van der Waals surface area contributed by atoms with Crippen LogP contribution in [0.3, 0.4) is 0 Å². The lowest BCUT2D eigenvalue weighted by Gasteiger charge is -2.51. The molecule has 2 N–H and O–H groups in total. The Hall–Kier alpha value is -3.18. The summed E-state index contributed by atoms with van der Waals surface area (Å²) < 4.78 is 79.4. The Bertz CT molecular complexity index is 1400. The van der Waals surface area contributed by atoms with E-state index < -0.39 is 29.2 Å². The van der Waals surface area contributed by atoms with Gasteiger partial charge in [0.05, 0.1) is 16.6 Å². The first-order valence-electron chi connectivity index (χ1n) is 13.0. The Labute approximate surface area is 233 Å². The molecule has 3 aliphatic heterocycles. The fourth-order valence-electron chi connectivity index (χ4n) is 6.07. The molecule has 0 radical (unpaired) electrons. The maximum Gasteiger partial charge on any atom is 0.416 e. The molecule has 5 atom stereocenters. The molecule has 4 unspecified atom stereocenters. The van der Waals surface area contributed by atoms with Gasteiger partial charge in [-0.2, -0.15) is 26.3 Å². The molecule has 1 aromatic heterocycles. The molecular formula is C29H28F6N4S. The fourth-order valence-corrected chi connectivity index (χ4v) is 6.30. The summed E-state index contributed by atoms with van der Waals surface area (Å²) in [5.74, 6) is 1.35. The summed E-state index contributed by atoms with van der Waals surface area (Å²) in [4.78, 5) is 7.02. The van der Waals surface area contributed by atoms with E-state index in [0.717, 1.165) is 36.0 Å². The number of nitrogens with one attached hydrogen (secondary N) is 2. The van der Waals surface area contributed by atoms with Gasteiger partial charge in [-0.15, -0.1) is 6.58 Å². The van der Waals surface area contributed by atoms with Gasteiger partial charge < -0.3 is 10.6 Å². The Morgan fingerprint density at radius 3 is 2.30 bits per heavy atom. The van der Waals surface area contributed by atoms with Crippen molar-refractivity contribution in [2.45, 2.75) is 44.1 Å². The highest BCUT2D eigenvalue weighted by atomic mass is 32.1. The van der Waals surface area contributed by atoms with Gasteiger partial charge in [0, 0.05) is 35.5 Å². The van der Waals surface area contributed by atoms with Crippen LogP contribution in [0.5, 0.6) is 0 Å². The number of alkyl halides is 6. The van der Waals surface area contributed by atoms with Crippen LogP contribution >= 0.6 is 12.2 Å². The molecule has 0 aliphatic carbocycles. The van der Waals surface area contributed by atoms with Crippen molar-refractivity contribution in [3.63, 3.8) is 0 Å². The smallest absolute Gasteiger partial charge is 0.332 e. The number of halogens is 6. The van der Waals surface area contributed by atoms with E-state index in [4.69, 9.17) is 12.2 Å². The van der Waals surface area contributed by atoms with Gasteiger partial charge in [-0.25, -0.2) is 0 Å². The molecule has 11 heteroatoms. The molecule has 2 aromatic carbocycles. The third-order valence-electron chi connectivity index (χ3n) is 8.10. The Morgan fingerprint density at radius 2 is 1.70 bits per heavy atom. The number of aromatic nitrogens is 1. The summed E-state index contributed by atoms with van der Waals surface area (Å²) in [7, 11) is 0. The first kappa shape index (κ1) is 28.4. The van der Waals surface area contributed by atoms with Gasteiger partial charge in [-0.05, 0) is 97.4 Å². The van der Waals surface area contributed by atoms with Crippen LogP contribution in [0.2, 0.25) is 0 Å². The second-order valence-electron chi connectivity index (χ2n) is 10.5. The number of hydrogen-bond donors (Lipinski definition) is 2. The minimum Gasteiger partial charge on any atom is -0.332 e. The number of benzene rings is 2. The lowest BCUT2D eigenvalue weighted by atomic mass is 9.71. The third-order valence-corrected chi connectivity index (χ3v) is 8.30. The number of piperidine rings is 3. The topological polar surface area (TPSA) is 40.2 Å². The van der Waals surface area contributed by atoms with Gasteiger partial charge in [0.1, 0.15) is 0 Å². The van der Waals surface area contributed by atoms with Crippen molar-refractivity contribution in [3.8, 4) is 0 Å². The highest BCUT2D eigenvalue weighted by molar-refractivity contribution is 7.80. The fraction of sp³-hybridized carbons (Fsp3) is 0.379. The van der Waals surface area contributed by atoms with E-state index >= 15 is 0 Å². The van der Waals surface area contributed by atoms with Gasteiger partial charge >= 0.3 is 12.4 Å². The second-order valence-corrected chi connectivity index (χ2v) is 10.9. The van der Waals surface area contributed by atoms with E-state index in [2.05, 4.69) is 40.1 Å². The SMILES string of the molecule is C=CC1CN2CCC1CC2[C@H](C)c1ccnc2ccc(NC(=S)Nc3cc(C(F)(F)F)cc(C(F)(F)F)c3)cc12. The highest BCUT2D eigenvalue weighted by Gasteiger charge is 2.41. The molecule has 6 rings (SSSR count). The zero-order valence-electron chi connectivity index (χ0n) is 21.6. The molecule has 3 fully saturated rings. The van der Waals surface area contributed by atoms with Gasteiger partial charge in [0.15, 0.2) is 5.11 Å². The highest BCUT2D eigenvalue weighted by Crippen LogP contribution is 2.43. The van der Waals surface area contributed by atoms with Crippen molar-refractivity contribution >= 4 is 39.6 Å². The summed E-state index contributed by atoms with van der Waals surface area (Å²) in [6.07, 6.45) is -3.80. The van der Waals surface area contributed by atoms with Crippen molar-refractivity contribution < 1.29 is 26.3 Å². The molecule has 0 amide bonds. The van der Waals surface area contributed by atoms with E-state index in [-0.39, 0.29) is 17.1 Å². The van der Waals surface area contributed by atoms with Gasteiger partial charge in [-0.3, -0.25) is 9.88 Å². The number of fused-ring (bicyclic) bond motifs is 4. The van der Waals surface area contributed by atoms with Crippen molar-refractivity contribution in [1.82, 2.24) is 9.88 Å². The number of hydrogen-bond acceptors (Lipinski definition) is 3. The van der Waals surface area contributed by atoms with Crippen molar-refractivity contribution in [3.05, 3.63) is 78.0 Å². The average Bonchev–Trinajstić information content (AvgIpc) is 2.91. The van der Waals surface area contributed by atoms with Crippen LogP contribution in [-0.2, 0) is 12.4 Å². The van der Waals surface area contributed by atoms with Crippen LogP contribution in [0.4, 0.5) is 37.7 Å². The normalized spacial score (nSPS) is 23.6. The maximum absolute atomic E-state index is 13.2. The van der Waals surface area contributed by atoms with Crippen LogP contribution in [0.1, 0.15) is 42.4 Å². The summed E-state index contributed by atoms with van der Waals surface area (Å²) >= 11 is 5.24. The third kappa shape index (κ3) is 5.81. The lowest BCUT2D eigenvalue weighted by molar-refractivity contribution is -0.143. The standard InChI is InChI=1S/C29H28F6N4S/c1-3-17-15-39-9-7-18(17)10-26(39)16(2)23-6-8-36-25-5-4-21(14-24(23)25)37-27(40)38-22-12-19(28(30,31)32)11-20(13-22)29(33,34)35/h3-6,8,11-14,16-18,26H,1,7,9-10,15H2,2H3,(H2,37,38,40)/t16-,17?,18?,26?/m1/s1. The number of thiocarbonyl (C=S) groups is 1. The molecule has 212 valence electrons. The monoisotopic (exact) mass is 578 g/mol. The maximum atomic E-state index is 13.2. The summed E-state index contributed by atoms with van der Waals surface area (Å²) in [5.41, 5.74) is -0.833. The van der Waals surface area contributed by atoms with E-state index in [9.17, 15) is 26.3 Å². The van der Waals surface area contributed by atoms with Gasteiger partial charge in [0.2, 0.25) is 0 Å². The largest absolute Gasteiger partial charge is 0.416 e. The van der Waals surface area contributed by atoms with Crippen LogP contribution in [0, 0.1) is 11.8 Å². The first-order valence-corrected chi connectivity index (χ1v) is 13.4. The Morgan fingerprint density at radius 1 is 1.02 bits per heavy atom. The minimum atomic E-state index is -4.95. The van der Waals surface area contributed by atoms with Crippen LogP contribution in [0.25, 0.3) is 10.9 Å². The molecule has 2 bridgehead atoms. The number of anilines is 2. The van der Waals surface area contributed by atoms with Crippen LogP contribution in [0.15, 0.2) is 61.3 Å². The molecule has 3 aliphatic rings. The second kappa shape index (κ2) is 10.7. The van der Waals surface area contributed by atoms with Gasteiger partial charge in [0.25, 0.3) is 0 Å². The zero-order chi connectivity index (χ0) is 28.8. The minimum absolute atomic E-state index is 0.0763. The van der Waals surface area contributed by atoms with E-state index in [0.29, 0.717) is 35.7 Å². The van der Waals surface area contributed by atoms with Crippen molar-refractivity contribution in [1.29, 1.82) is 0 Å². The molecule has 4 nitrogen and oxygen atoms in total. The molecule has 40 heavy (non-hydrogen) atoms. The molecule has 4 heterocycles. The molecule has 3 saturated heterocycles. The number of nitrogens with zero attached hydrogens (tertiary/aromatic N) is 2. The van der Waals surface area contributed by atoms with Crippen LogP contribution in [-0.4, -0.2) is 34.1 Å². The van der Waals surface area contributed by atoms with Crippen molar-refractivity contribution in [2.75, 3.05) is 23.7 Å². The van der Waals surface area contributed by atoms with Crippen LogP contribution < -0.4 is 10.6 Å². The number of pyridine rings is 1. The average molecular weight is 579 g/mol. The zero-order valence-corrected chi connectivity index (χ0v) is 22.4. The summed E-state index contributed by atoms with van der Waals surface area (Å²) in [6, 6.07) is 9.03. The van der Waals surface area contributed by atoms with Crippen molar-refractivity contribution in [2.24, 2.45) is 11.8 Å². The summed E-state index contributed by atoms with van der Waals surface area (Å²) in [6.45, 7) is 8.28. The van der Waals surface area contributed by atoms with E-state index in [1.807, 2.05) is 18.2 Å².